The van der Waals surface area contributed by atoms with Gasteiger partial charge >= 0.3 is 0 Å². The van der Waals surface area contributed by atoms with E-state index in [9.17, 15) is 9.59 Å². The zero-order valence-electron chi connectivity index (χ0n) is 11.2. The summed E-state index contributed by atoms with van der Waals surface area (Å²) in [5.41, 5.74) is 0.900. The Morgan fingerprint density at radius 3 is 2.42 bits per heavy atom. The number of hydrogen-bond donors (Lipinski definition) is 0. The number of anilines is 1. The minimum absolute atomic E-state index is 0. The van der Waals surface area contributed by atoms with Crippen LogP contribution in [-0.4, -0.2) is 11.8 Å². The molecule has 1 saturated heterocycles. The van der Waals surface area contributed by atoms with E-state index in [1.165, 1.54) is 0 Å². The van der Waals surface area contributed by atoms with Crippen LogP contribution in [0.3, 0.4) is 0 Å². The smallest absolute Gasteiger partial charge is 0.238 e. The molecule has 95 valence electrons. The third kappa shape index (κ3) is 2.78. The minimum atomic E-state index is -0.660. The number of hydrogen-bond acceptors (Lipinski definition) is 3. The summed E-state index contributed by atoms with van der Waals surface area (Å²) in [4.78, 5) is 25.2. The third-order valence-electron chi connectivity index (χ3n) is 3.11. The van der Waals surface area contributed by atoms with Crippen LogP contribution in [0, 0.1) is 29.7 Å². The topological polar surface area (TPSA) is 61.2 Å². The van der Waals surface area contributed by atoms with E-state index in [0.717, 1.165) is 4.90 Å². The Morgan fingerprint density at radius 2 is 2.00 bits per heavy atom. The summed E-state index contributed by atoms with van der Waals surface area (Å²) in [6.45, 7) is 5.24. The second-order valence-electron chi connectivity index (χ2n) is 5.09. The zero-order valence-corrected chi connectivity index (χ0v) is 14.0. The SMILES string of the molecule is Cc1[c-]c(N2C(=O)CC(C)(C)C2=O)ccc1C#N.[Y]. The monoisotopic (exact) mass is 330 g/mol. The van der Waals surface area contributed by atoms with E-state index in [0.29, 0.717) is 16.8 Å². The van der Waals surface area contributed by atoms with Crippen molar-refractivity contribution in [1.82, 2.24) is 0 Å². The Morgan fingerprint density at radius 1 is 1.37 bits per heavy atom. The molecular formula is C14H13N2O2Y-. The molecule has 0 N–H and O–H groups in total. The molecule has 1 aromatic carbocycles. The van der Waals surface area contributed by atoms with Gasteiger partial charge < -0.3 is 0 Å². The molecule has 1 aromatic rings. The summed E-state index contributed by atoms with van der Waals surface area (Å²) in [7, 11) is 0. The van der Waals surface area contributed by atoms with Gasteiger partial charge in [0, 0.05) is 45.2 Å². The van der Waals surface area contributed by atoms with Crippen LogP contribution in [0.15, 0.2) is 12.1 Å². The largest absolute Gasteiger partial charge is 0.275 e. The average Bonchev–Trinajstić information content (AvgIpc) is 2.48. The molecular weight excluding hydrogens is 317 g/mol. The van der Waals surface area contributed by atoms with Gasteiger partial charge in [-0.15, -0.1) is 11.6 Å². The number of benzene rings is 1. The number of carbonyl (C=O) groups is 2. The molecule has 0 aromatic heterocycles. The molecule has 1 aliphatic rings. The standard InChI is InChI=1S/C14H13N2O2.Y/c1-9-6-11(5-4-10(9)8-15)16-12(17)7-14(2,3)13(16)18;/h4-5H,7H2,1-3H3;/q-1;. The first-order valence-corrected chi connectivity index (χ1v) is 5.67. The van der Waals surface area contributed by atoms with E-state index in [1.54, 1.807) is 32.9 Å². The van der Waals surface area contributed by atoms with Crippen LogP contribution in [0.25, 0.3) is 0 Å². The van der Waals surface area contributed by atoms with Crippen molar-refractivity contribution in [3.63, 3.8) is 0 Å². The van der Waals surface area contributed by atoms with Crippen molar-refractivity contribution in [2.24, 2.45) is 5.41 Å². The molecule has 4 nitrogen and oxygen atoms in total. The molecule has 0 aliphatic carbocycles. The van der Waals surface area contributed by atoms with Crippen LogP contribution in [0.4, 0.5) is 5.69 Å². The molecule has 0 unspecified atom stereocenters. The first-order chi connectivity index (χ1) is 8.36. The Balaban J connectivity index is 0.00000180. The van der Waals surface area contributed by atoms with Crippen LogP contribution in [0.5, 0.6) is 0 Å². The van der Waals surface area contributed by atoms with Crippen molar-refractivity contribution < 1.29 is 42.3 Å². The van der Waals surface area contributed by atoms with E-state index in [4.69, 9.17) is 5.26 Å². The predicted octanol–water partition coefficient (Wildman–Crippen LogP) is 1.95. The Kier molecular flexibility index (Phi) is 4.65. The molecule has 1 aliphatic heterocycles. The maximum atomic E-state index is 12.1. The van der Waals surface area contributed by atoms with Crippen LogP contribution >= 0.6 is 0 Å². The average molecular weight is 330 g/mol. The second-order valence-corrected chi connectivity index (χ2v) is 5.09. The molecule has 2 amide bonds. The minimum Gasteiger partial charge on any atom is -0.275 e. The van der Waals surface area contributed by atoms with Crippen LogP contribution in [-0.2, 0) is 42.3 Å². The van der Waals surface area contributed by atoms with Crippen LogP contribution in [0.1, 0.15) is 31.4 Å². The van der Waals surface area contributed by atoms with Crippen molar-refractivity contribution in [2.75, 3.05) is 4.90 Å². The van der Waals surface area contributed by atoms with Gasteiger partial charge in [0.1, 0.15) is 0 Å². The molecule has 0 atom stereocenters. The second kappa shape index (κ2) is 5.52. The van der Waals surface area contributed by atoms with E-state index in [1.807, 2.05) is 6.07 Å². The summed E-state index contributed by atoms with van der Waals surface area (Å²) in [6, 6.07) is 8.15. The van der Waals surface area contributed by atoms with Gasteiger partial charge in [0.2, 0.25) is 11.8 Å². The molecule has 1 heterocycles. The number of nitriles is 1. The fourth-order valence-corrected chi connectivity index (χ4v) is 2.03. The van der Waals surface area contributed by atoms with E-state index in [-0.39, 0.29) is 50.9 Å². The van der Waals surface area contributed by atoms with Gasteiger partial charge in [-0.2, -0.15) is 12.1 Å². The van der Waals surface area contributed by atoms with E-state index >= 15 is 0 Å². The van der Waals surface area contributed by atoms with Crippen LogP contribution in [0.2, 0.25) is 0 Å². The summed E-state index contributed by atoms with van der Waals surface area (Å²) in [6.07, 6.45) is 0.207. The van der Waals surface area contributed by atoms with E-state index < -0.39 is 5.41 Å². The van der Waals surface area contributed by atoms with E-state index in [2.05, 4.69) is 6.07 Å². The molecule has 0 spiro atoms. The fourth-order valence-electron chi connectivity index (χ4n) is 2.03. The van der Waals surface area contributed by atoms with Gasteiger partial charge in [0.05, 0.1) is 5.41 Å². The van der Waals surface area contributed by atoms with Crippen LogP contribution < -0.4 is 4.90 Å². The first-order valence-electron chi connectivity index (χ1n) is 5.67. The molecule has 1 fully saturated rings. The van der Waals surface area contributed by atoms with Crippen molar-refractivity contribution in [1.29, 1.82) is 5.26 Å². The number of nitrogens with zero attached hydrogens (tertiary/aromatic N) is 2. The third-order valence-corrected chi connectivity index (χ3v) is 3.11. The number of amides is 2. The van der Waals surface area contributed by atoms with Gasteiger partial charge in [-0.05, 0) is 0 Å². The summed E-state index contributed by atoms with van der Waals surface area (Å²) < 4.78 is 0. The summed E-state index contributed by atoms with van der Waals surface area (Å²) in [5, 5.41) is 8.84. The fraction of sp³-hybridized carbons (Fsp3) is 0.357. The van der Waals surface area contributed by atoms with Gasteiger partial charge in [-0.3, -0.25) is 14.5 Å². The number of imide groups is 1. The Bertz CT molecular complexity index is 588. The molecule has 19 heavy (non-hydrogen) atoms. The summed E-state index contributed by atoms with van der Waals surface area (Å²) >= 11 is 0. The van der Waals surface area contributed by atoms with Crippen molar-refractivity contribution in [3.8, 4) is 6.07 Å². The van der Waals surface area contributed by atoms with Gasteiger partial charge in [-0.25, -0.2) is 5.26 Å². The molecule has 5 heteroatoms. The molecule has 1 radical (unpaired) electrons. The quantitative estimate of drug-likeness (QED) is 0.584. The van der Waals surface area contributed by atoms with Crippen molar-refractivity contribution in [2.45, 2.75) is 27.2 Å². The maximum absolute atomic E-state index is 12.1. The molecule has 0 saturated carbocycles. The maximum Gasteiger partial charge on any atom is 0.238 e. The van der Waals surface area contributed by atoms with Crippen molar-refractivity contribution >= 4 is 17.5 Å². The normalized spacial score (nSPS) is 17.1. The molecule has 2 rings (SSSR count). The van der Waals surface area contributed by atoms with Gasteiger partial charge in [0.25, 0.3) is 0 Å². The zero-order chi connectivity index (χ0) is 13.5. The van der Waals surface area contributed by atoms with Gasteiger partial charge in [-0.1, -0.05) is 32.0 Å². The van der Waals surface area contributed by atoms with Crippen molar-refractivity contribution in [3.05, 3.63) is 29.3 Å². The Labute approximate surface area is 137 Å². The Hall–Kier alpha value is -1.05. The number of carbonyl (C=O) groups excluding carboxylic acids is 2. The number of rotatable bonds is 1. The molecule has 0 bridgehead atoms. The predicted molar refractivity (Wildman–Crippen MR) is 65.6 cm³/mol. The summed E-state index contributed by atoms with van der Waals surface area (Å²) in [5.74, 6) is -0.432. The number of aryl methyl sites for hydroxylation is 1. The van der Waals surface area contributed by atoms with Gasteiger partial charge in [0.15, 0.2) is 0 Å². The first kappa shape index (κ1) is 16.0.